The van der Waals surface area contributed by atoms with Crippen molar-refractivity contribution in [1.29, 1.82) is 0 Å². The molecule has 0 bridgehead atoms. The molecule has 1 N–H and O–H groups in total. The molecule has 0 aliphatic carbocycles. The molecule has 0 aromatic heterocycles. The van der Waals surface area contributed by atoms with E-state index in [-0.39, 0.29) is 6.61 Å². The summed E-state index contributed by atoms with van der Waals surface area (Å²) >= 11 is 0. The summed E-state index contributed by atoms with van der Waals surface area (Å²) in [5, 5.41) is 8.89. The lowest BCUT2D eigenvalue weighted by Crippen LogP contribution is -2.33. The van der Waals surface area contributed by atoms with E-state index in [0.29, 0.717) is 0 Å². The highest BCUT2D eigenvalue weighted by Gasteiger charge is 2.25. The van der Waals surface area contributed by atoms with Gasteiger partial charge in [0.1, 0.15) is 0 Å². The van der Waals surface area contributed by atoms with Gasteiger partial charge in [-0.1, -0.05) is 32.6 Å². The van der Waals surface area contributed by atoms with E-state index in [2.05, 4.69) is 13.5 Å². The molecular weight excluding hydrogens is 180 g/mol. The van der Waals surface area contributed by atoms with Crippen LogP contribution in [0.4, 0.5) is 0 Å². The standard InChI is InChI=1S/C10H24O2Si/c1-4-5-6-7-9-13(3,12-2)10-8-11/h11H,4-10H2,1-3H3. The Morgan fingerprint density at radius 1 is 1.15 bits per heavy atom. The Morgan fingerprint density at radius 2 is 1.85 bits per heavy atom. The summed E-state index contributed by atoms with van der Waals surface area (Å²) in [5.41, 5.74) is 0. The van der Waals surface area contributed by atoms with Crippen LogP contribution in [0.3, 0.4) is 0 Å². The Morgan fingerprint density at radius 3 is 2.31 bits per heavy atom. The zero-order chi connectivity index (χ0) is 10.2. The molecule has 0 aliphatic heterocycles. The molecule has 0 radical (unpaired) electrons. The second-order valence-corrected chi connectivity index (χ2v) is 8.25. The van der Waals surface area contributed by atoms with Crippen LogP contribution in [0.5, 0.6) is 0 Å². The Balaban J connectivity index is 3.57. The highest BCUT2D eigenvalue weighted by molar-refractivity contribution is 6.72. The van der Waals surface area contributed by atoms with Crippen LogP contribution in [0, 0.1) is 0 Å². The summed E-state index contributed by atoms with van der Waals surface area (Å²) in [6, 6.07) is 2.08. The number of rotatable bonds is 8. The number of aliphatic hydroxyl groups is 1. The minimum atomic E-state index is -1.52. The summed E-state index contributed by atoms with van der Waals surface area (Å²) in [7, 11) is 0.270. The van der Waals surface area contributed by atoms with Crippen LogP contribution >= 0.6 is 0 Å². The molecule has 3 heteroatoms. The average molecular weight is 204 g/mol. The lowest BCUT2D eigenvalue weighted by atomic mass is 10.2. The lowest BCUT2D eigenvalue weighted by molar-refractivity contribution is 0.301. The van der Waals surface area contributed by atoms with Crippen molar-refractivity contribution in [1.82, 2.24) is 0 Å². The molecule has 0 amide bonds. The molecule has 0 spiro atoms. The summed E-state index contributed by atoms with van der Waals surface area (Å²) < 4.78 is 5.54. The fourth-order valence-corrected chi connectivity index (χ4v) is 3.62. The maximum absolute atomic E-state index is 8.89. The van der Waals surface area contributed by atoms with Crippen LogP contribution in [-0.2, 0) is 4.43 Å². The van der Waals surface area contributed by atoms with E-state index in [1.807, 2.05) is 0 Å². The second-order valence-electron chi connectivity index (χ2n) is 3.94. The Kier molecular flexibility index (Phi) is 7.61. The topological polar surface area (TPSA) is 29.5 Å². The first-order valence-corrected chi connectivity index (χ1v) is 8.17. The van der Waals surface area contributed by atoms with Gasteiger partial charge in [0.05, 0.1) is 0 Å². The van der Waals surface area contributed by atoms with Gasteiger partial charge in [-0.25, -0.2) is 0 Å². The highest BCUT2D eigenvalue weighted by atomic mass is 28.4. The number of aliphatic hydroxyl groups excluding tert-OH is 1. The van der Waals surface area contributed by atoms with Gasteiger partial charge in [-0.05, 0) is 18.6 Å². The molecule has 0 aromatic rings. The molecule has 13 heavy (non-hydrogen) atoms. The van der Waals surface area contributed by atoms with Crippen molar-refractivity contribution in [3.05, 3.63) is 0 Å². The van der Waals surface area contributed by atoms with Crippen LogP contribution in [0.15, 0.2) is 0 Å². The third-order valence-corrected chi connectivity index (χ3v) is 6.37. The van der Waals surface area contributed by atoms with E-state index in [4.69, 9.17) is 9.53 Å². The van der Waals surface area contributed by atoms with Crippen LogP contribution in [0.2, 0.25) is 18.6 Å². The van der Waals surface area contributed by atoms with Crippen molar-refractivity contribution in [3.63, 3.8) is 0 Å². The van der Waals surface area contributed by atoms with Crippen LogP contribution in [0.1, 0.15) is 32.6 Å². The monoisotopic (exact) mass is 204 g/mol. The molecule has 1 unspecified atom stereocenters. The summed E-state index contributed by atoms with van der Waals surface area (Å²) in [4.78, 5) is 0. The van der Waals surface area contributed by atoms with Crippen LogP contribution < -0.4 is 0 Å². The number of unbranched alkanes of at least 4 members (excludes halogenated alkanes) is 3. The molecular formula is C10H24O2Si. The first-order chi connectivity index (χ1) is 6.18. The van der Waals surface area contributed by atoms with Gasteiger partial charge in [-0.2, -0.15) is 0 Å². The second kappa shape index (κ2) is 7.53. The summed E-state index contributed by atoms with van der Waals surface area (Å²) in [6.45, 7) is 4.72. The lowest BCUT2D eigenvalue weighted by Gasteiger charge is -2.24. The van der Waals surface area contributed by atoms with Gasteiger partial charge in [0.25, 0.3) is 0 Å². The van der Waals surface area contributed by atoms with Crippen molar-refractivity contribution < 1.29 is 9.53 Å². The Bertz CT molecular complexity index is 119. The van der Waals surface area contributed by atoms with Gasteiger partial charge in [-0.15, -0.1) is 0 Å². The predicted molar refractivity (Wildman–Crippen MR) is 59.5 cm³/mol. The average Bonchev–Trinajstić information content (AvgIpc) is 2.13. The van der Waals surface area contributed by atoms with E-state index in [9.17, 15) is 0 Å². The molecule has 1 atom stereocenters. The number of hydrogen-bond acceptors (Lipinski definition) is 2. The minimum absolute atomic E-state index is 0.282. The van der Waals surface area contributed by atoms with E-state index in [1.165, 1.54) is 31.7 Å². The smallest absolute Gasteiger partial charge is 0.191 e. The zero-order valence-corrected chi connectivity index (χ0v) is 10.3. The summed E-state index contributed by atoms with van der Waals surface area (Å²) in [6.07, 6.45) is 5.19. The molecule has 80 valence electrons. The third kappa shape index (κ3) is 6.24. The van der Waals surface area contributed by atoms with Gasteiger partial charge in [0, 0.05) is 13.7 Å². The molecule has 0 aromatic carbocycles. The van der Waals surface area contributed by atoms with E-state index in [1.54, 1.807) is 7.11 Å². The Hall–Kier alpha value is 0.137. The van der Waals surface area contributed by atoms with Crippen LogP contribution in [0.25, 0.3) is 0 Å². The maximum atomic E-state index is 8.89. The first-order valence-electron chi connectivity index (χ1n) is 5.34. The first kappa shape index (κ1) is 13.1. The van der Waals surface area contributed by atoms with Crippen molar-refractivity contribution in [2.45, 2.75) is 51.2 Å². The van der Waals surface area contributed by atoms with E-state index in [0.717, 1.165) is 6.04 Å². The van der Waals surface area contributed by atoms with Crippen molar-refractivity contribution in [2.24, 2.45) is 0 Å². The normalized spacial score (nSPS) is 15.7. The molecule has 0 saturated carbocycles. The van der Waals surface area contributed by atoms with Gasteiger partial charge < -0.3 is 9.53 Å². The van der Waals surface area contributed by atoms with Crippen molar-refractivity contribution >= 4 is 8.32 Å². The molecule has 0 saturated heterocycles. The highest BCUT2D eigenvalue weighted by Crippen LogP contribution is 2.19. The minimum Gasteiger partial charge on any atom is -0.420 e. The van der Waals surface area contributed by atoms with Gasteiger partial charge >= 0.3 is 0 Å². The fraction of sp³-hybridized carbons (Fsp3) is 1.00. The maximum Gasteiger partial charge on any atom is 0.191 e. The third-order valence-electron chi connectivity index (χ3n) is 2.69. The van der Waals surface area contributed by atoms with E-state index >= 15 is 0 Å². The number of hydrogen-bond donors (Lipinski definition) is 1. The van der Waals surface area contributed by atoms with Gasteiger partial charge in [0.2, 0.25) is 0 Å². The molecule has 0 heterocycles. The van der Waals surface area contributed by atoms with E-state index < -0.39 is 8.32 Å². The molecule has 2 nitrogen and oxygen atoms in total. The molecule has 0 fully saturated rings. The molecule has 0 rings (SSSR count). The van der Waals surface area contributed by atoms with Crippen molar-refractivity contribution in [3.8, 4) is 0 Å². The van der Waals surface area contributed by atoms with Crippen LogP contribution in [-0.4, -0.2) is 27.1 Å². The van der Waals surface area contributed by atoms with Gasteiger partial charge in [0.15, 0.2) is 8.32 Å². The fourth-order valence-electron chi connectivity index (χ4n) is 1.49. The SMILES string of the molecule is CCCCCC[Si](C)(CCO)OC. The predicted octanol–water partition coefficient (Wildman–Crippen LogP) is 2.78. The molecule has 0 aliphatic rings. The zero-order valence-electron chi connectivity index (χ0n) is 9.31. The van der Waals surface area contributed by atoms with Crippen molar-refractivity contribution in [2.75, 3.05) is 13.7 Å². The summed E-state index contributed by atoms with van der Waals surface area (Å²) in [5.74, 6) is 0. The Labute approximate surface area is 83.4 Å². The van der Waals surface area contributed by atoms with Gasteiger partial charge in [-0.3, -0.25) is 0 Å². The largest absolute Gasteiger partial charge is 0.420 e. The quantitative estimate of drug-likeness (QED) is 0.486.